The summed E-state index contributed by atoms with van der Waals surface area (Å²) in [7, 11) is 0. The van der Waals surface area contributed by atoms with Crippen molar-refractivity contribution in [2.75, 3.05) is 11.2 Å². The lowest BCUT2D eigenvalue weighted by molar-refractivity contribution is -0.114. The van der Waals surface area contributed by atoms with Gasteiger partial charge in [0.15, 0.2) is 11.6 Å². The Hall–Kier alpha value is -2.08. The van der Waals surface area contributed by atoms with Gasteiger partial charge in [-0.25, -0.2) is 18.7 Å². The van der Waals surface area contributed by atoms with E-state index in [2.05, 4.69) is 15.3 Å². The first kappa shape index (κ1) is 13.4. The zero-order valence-electron chi connectivity index (χ0n) is 9.53. The summed E-state index contributed by atoms with van der Waals surface area (Å²) in [5.74, 6) is -2.54. The molecule has 0 saturated heterocycles. The van der Waals surface area contributed by atoms with E-state index in [0.29, 0.717) is 11.3 Å². The molecule has 1 amide bonds. The van der Waals surface area contributed by atoms with Gasteiger partial charge in [0.25, 0.3) is 0 Å². The summed E-state index contributed by atoms with van der Waals surface area (Å²) >= 11 is 5.34. The smallest absolute Gasteiger partial charge is 0.241 e. The van der Waals surface area contributed by atoms with E-state index in [0.717, 1.165) is 12.1 Å². The lowest BCUT2D eigenvalue weighted by Gasteiger charge is -2.05. The fourth-order valence-corrected chi connectivity index (χ4v) is 1.46. The van der Waals surface area contributed by atoms with Gasteiger partial charge in [-0.05, 0) is 24.3 Å². The highest BCUT2D eigenvalue weighted by molar-refractivity contribution is 6.28. The number of hydrogen-bond donors (Lipinski definition) is 1. The molecule has 0 unspecified atom stereocenters. The summed E-state index contributed by atoms with van der Waals surface area (Å²) < 4.78 is 26.0. The molecule has 1 aromatic carbocycles. The second-order valence-corrected chi connectivity index (χ2v) is 3.84. The van der Waals surface area contributed by atoms with Crippen molar-refractivity contribution in [3.05, 3.63) is 42.1 Å². The van der Waals surface area contributed by atoms with Gasteiger partial charge in [-0.15, -0.1) is 11.6 Å². The molecular formula is C12H8ClF2N3O. The second-order valence-electron chi connectivity index (χ2n) is 3.58. The van der Waals surface area contributed by atoms with E-state index in [-0.39, 0.29) is 11.8 Å². The average Bonchev–Trinajstić information content (AvgIpc) is 2.42. The Morgan fingerprint density at radius 2 is 2.05 bits per heavy atom. The Balaban J connectivity index is 2.32. The number of aromatic nitrogens is 2. The van der Waals surface area contributed by atoms with E-state index in [9.17, 15) is 13.6 Å². The van der Waals surface area contributed by atoms with Crippen LogP contribution in [0.15, 0.2) is 30.5 Å². The van der Waals surface area contributed by atoms with Gasteiger partial charge < -0.3 is 0 Å². The third-order valence-corrected chi connectivity index (χ3v) is 2.49. The second kappa shape index (κ2) is 5.71. The van der Waals surface area contributed by atoms with Gasteiger partial charge in [-0.2, -0.15) is 0 Å². The predicted molar refractivity (Wildman–Crippen MR) is 66.7 cm³/mol. The molecule has 19 heavy (non-hydrogen) atoms. The van der Waals surface area contributed by atoms with Crippen molar-refractivity contribution < 1.29 is 13.6 Å². The van der Waals surface area contributed by atoms with Crippen molar-refractivity contribution >= 4 is 23.5 Å². The van der Waals surface area contributed by atoms with Crippen LogP contribution in [0.2, 0.25) is 0 Å². The number of rotatable bonds is 3. The molecule has 0 radical (unpaired) electrons. The third-order valence-electron chi connectivity index (χ3n) is 2.24. The van der Waals surface area contributed by atoms with Crippen molar-refractivity contribution in [3.63, 3.8) is 0 Å². The van der Waals surface area contributed by atoms with Crippen LogP contribution >= 0.6 is 11.6 Å². The summed E-state index contributed by atoms with van der Waals surface area (Å²) in [6.45, 7) is 0. The van der Waals surface area contributed by atoms with E-state index >= 15 is 0 Å². The fraction of sp³-hybridized carbons (Fsp3) is 0.0833. The third kappa shape index (κ3) is 3.23. The molecule has 4 nitrogen and oxygen atoms in total. The number of carbonyl (C=O) groups is 1. The van der Waals surface area contributed by atoms with Crippen molar-refractivity contribution in [2.24, 2.45) is 0 Å². The average molecular weight is 284 g/mol. The molecular weight excluding hydrogens is 276 g/mol. The van der Waals surface area contributed by atoms with Gasteiger partial charge in [0, 0.05) is 11.8 Å². The van der Waals surface area contributed by atoms with Crippen LogP contribution in [-0.2, 0) is 4.79 Å². The van der Waals surface area contributed by atoms with Crippen LogP contribution in [0.1, 0.15) is 0 Å². The number of benzene rings is 1. The Morgan fingerprint density at radius 3 is 2.74 bits per heavy atom. The van der Waals surface area contributed by atoms with Gasteiger partial charge in [0.05, 0.1) is 5.69 Å². The van der Waals surface area contributed by atoms with Crippen LogP contribution in [-0.4, -0.2) is 21.8 Å². The molecule has 0 spiro atoms. The minimum atomic E-state index is -0.970. The maximum absolute atomic E-state index is 13.1. The first-order valence-electron chi connectivity index (χ1n) is 5.24. The van der Waals surface area contributed by atoms with Crippen molar-refractivity contribution in [3.8, 4) is 11.3 Å². The maximum Gasteiger partial charge on any atom is 0.241 e. The number of carbonyl (C=O) groups excluding carboxylic acids is 1. The van der Waals surface area contributed by atoms with E-state index in [1.807, 2.05) is 0 Å². The minimum absolute atomic E-state index is 0.0490. The molecule has 0 aliphatic rings. The summed E-state index contributed by atoms with van der Waals surface area (Å²) in [6.07, 6.45) is 1.40. The van der Waals surface area contributed by atoms with Gasteiger partial charge in [-0.3, -0.25) is 10.1 Å². The van der Waals surface area contributed by atoms with E-state index in [4.69, 9.17) is 11.6 Å². The summed E-state index contributed by atoms with van der Waals surface area (Å²) in [4.78, 5) is 18.9. The molecule has 0 bridgehead atoms. The van der Waals surface area contributed by atoms with E-state index in [1.54, 1.807) is 0 Å². The maximum atomic E-state index is 13.1. The highest BCUT2D eigenvalue weighted by Gasteiger charge is 2.08. The summed E-state index contributed by atoms with van der Waals surface area (Å²) in [5, 5.41) is 2.37. The number of hydrogen-bond acceptors (Lipinski definition) is 3. The number of amides is 1. The zero-order chi connectivity index (χ0) is 13.8. The highest BCUT2D eigenvalue weighted by Crippen LogP contribution is 2.20. The SMILES string of the molecule is O=C(CCl)Nc1nccc(-c2ccc(F)c(F)c2)n1. The minimum Gasteiger partial charge on any atom is -0.293 e. The monoisotopic (exact) mass is 283 g/mol. The van der Waals surface area contributed by atoms with E-state index < -0.39 is 17.5 Å². The zero-order valence-corrected chi connectivity index (χ0v) is 10.3. The van der Waals surface area contributed by atoms with Gasteiger partial charge in [0.1, 0.15) is 5.88 Å². The molecule has 7 heteroatoms. The van der Waals surface area contributed by atoms with Gasteiger partial charge >= 0.3 is 0 Å². The molecule has 1 heterocycles. The molecule has 0 aliphatic carbocycles. The summed E-state index contributed by atoms with van der Waals surface area (Å²) in [6, 6.07) is 4.92. The standard InChI is InChI=1S/C12H8ClF2N3O/c13-6-11(19)18-12-16-4-3-10(17-12)7-1-2-8(14)9(15)5-7/h1-5H,6H2,(H,16,17,18,19). The van der Waals surface area contributed by atoms with Crippen LogP contribution in [0.4, 0.5) is 14.7 Å². The van der Waals surface area contributed by atoms with Crippen LogP contribution in [0, 0.1) is 11.6 Å². The lowest BCUT2D eigenvalue weighted by Crippen LogP contribution is -2.14. The molecule has 2 aromatic rings. The Morgan fingerprint density at radius 1 is 1.26 bits per heavy atom. The molecule has 98 valence electrons. The number of nitrogens with zero attached hydrogens (tertiary/aromatic N) is 2. The van der Waals surface area contributed by atoms with Gasteiger partial charge in [-0.1, -0.05) is 0 Å². The van der Waals surface area contributed by atoms with Crippen molar-refractivity contribution in [1.82, 2.24) is 9.97 Å². The number of halogens is 3. The number of alkyl halides is 1. The highest BCUT2D eigenvalue weighted by atomic mass is 35.5. The van der Waals surface area contributed by atoms with Gasteiger partial charge in [0.2, 0.25) is 11.9 Å². The molecule has 0 fully saturated rings. The topological polar surface area (TPSA) is 54.9 Å². The van der Waals surface area contributed by atoms with Crippen molar-refractivity contribution in [1.29, 1.82) is 0 Å². The van der Waals surface area contributed by atoms with E-state index in [1.165, 1.54) is 18.3 Å². The molecule has 0 aliphatic heterocycles. The molecule has 2 rings (SSSR count). The Bertz CT molecular complexity index is 622. The Kier molecular flexibility index (Phi) is 4.01. The molecule has 1 N–H and O–H groups in total. The first-order valence-corrected chi connectivity index (χ1v) is 5.78. The first-order chi connectivity index (χ1) is 9.10. The fourth-order valence-electron chi connectivity index (χ4n) is 1.39. The molecule has 0 atom stereocenters. The number of nitrogens with one attached hydrogen (secondary N) is 1. The van der Waals surface area contributed by atoms with Crippen LogP contribution in [0.5, 0.6) is 0 Å². The lowest BCUT2D eigenvalue weighted by atomic mass is 10.1. The number of anilines is 1. The van der Waals surface area contributed by atoms with Crippen LogP contribution < -0.4 is 5.32 Å². The molecule has 0 saturated carbocycles. The largest absolute Gasteiger partial charge is 0.293 e. The quantitative estimate of drug-likeness (QED) is 0.881. The van der Waals surface area contributed by atoms with Crippen LogP contribution in [0.3, 0.4) is 0 Å². The molecule has 1 aromatic heterocycles. The van der Waals surface area contributed by atoms with Crippen LogP contribution in [0.25, 0.3) is 11.3 Å². The normalized spacial score (nSPS) is 10.3. The van der Waals surface area contributed by atoms with Crippen molar-refractivity contribution in [2.45, 2.75) is 0 Å². The predicted octanol–water partition coefficient (Wildman–Crippen LogP) is 2.60. The summed E-state index contributed by atoms with van der Waals surface area (Å²) in [5.41, 5.74) is 0.737. The Labute approximate surface area is 112 Å².